The summed E-state index contributed by atoms with van der Waals surface area (Å²) in [6.45, 7) is 3.54. The molecule has 2 nitrogen and oxygen atoms in total. The summed E-state index contributed by atoms with van der Waals surface area (Å²) in [7, 11) is 0. The molecule has 0 aliphatic carbocycles. The van der Waals surface area contributed by atoms with Gasteiger partial charge < -0.3 is 5.32 Å². The molecule has 5 heteroatoms. The lowest BCUT2D eigenvalue weighted by Crippen LogP contribution is -2.45. The van der Waals surface area contributed by atoms with Crippen LogP contribution in [0.3, 0.4) is 0 Å². The first-order valence-corrected chi connectivity index (χ1v) is 7.66. The third kappa shape index (κ3) is 2.85. The number of Topliss-reactive ketones (excluding diaryl/α,β-unsaturated/α-hetero) is 1. The minimum absolute atomic E-state index is 0.0524. The summed E-state index contributed by atoms with van der Waals surface area (Å²) < 4.78 is 14.2. The number of piperidine rings is 1. The topological polar surface area (TPSA) is 29.1 Å². The van der Waals surface area contributed by atoms with E-state index in [1.54, 1.807) is 0 Å². The number of carbonyl (C=O) groups is 1. The summed E-state index contributed by atoms with van der Waals surface area (Å²) in [6.07, 6.45) is 3.34. The van der Waals surface area contributed by atoms with Crippen LogP contribution >= 0.6 is 23.2 Å². The Balaban J connectivity index is 2.40. The van der Waals surface area contributed by atoms with Crippen LogP contribution < -0.4 is 5.32 Å². The van der Waals surface area contributed by atoms with E-state index in [1.165, 1.54) is 12.1 Å². The number of nitrogens with one attached hydrogen (secondary N) is 1. The first-order chi connectivity index (χ1) is 9.52. The number of halogens is 3. The standard InChI is InChI=1S/C15H18Cl2FNO/c1-2-6-15(7-3-8-19-9-15)14(20)10-4-5-11(16)12(17)13(10)18/h4-5,19H,2-3,6-9H2,1H3. The molecule has 1 saturated heterocycles. The highest BCUT2D eigenvalue weighted by Crippen LogP contribution is 2.37. The normalized spacial score (nSPS) is 22.8. The Labute approximate surface area is 128 Å². The van der Waals surface area contributed by atoms with Gasteiger partial charge in [0, 0.05) is 12.0 Å². The van der Waals surface area contributed by atoms with Gasteiger partial charge in [0.1, 0.15) is 0 Å². The second-order valence-corrected chi connectivity index (χ2v) is 6.15. The van der Waals surface area contributed by atoms with Crippen molar-refractivity contribution in [2.75, 3.05) is 13.1 Å². The lowest BCUT2D eigenvalue weighted by atomic mass is 9.71. The lowest BCUT2D eigenvalue weighted by Gasteiger charge is -2.36. The number of rotatable bonds is 4. The van der Waals surface area contributed by atoms with Crippen molar-refractivity contribution in [3.05, 3.63) is 33.6 Å². The molecular weight excluding hydrogens is 300 g/mol. The van der Waals surface area contributed by atoms with E-state index in [0.717, 1.165) is 32.2 Å². The highest BCUT2D eigenvalue weighted by atomic mass is 35.5. The first kappa shape index (κ1) is 15.7. The molecule has 0 saturated carbocycles. The molecule has 1 N–H and O–H groups in total. The molecule has 0 radical (unpaired) electrons. The Kier molecular flexibility index (Phi) is 5.05. The van der Waals surface area contributed by atoms with Crippen LogP contribution in [-0.4, -0.2) is 18.9 Å². The third-order valence-corrected chi connectivity index (χ3v) is 4.74. The molecular formula is C15H18Cl2FNO. The molecule has 2 rings (SSSR count). The van der Waals surface area contributed by atoms with E-state index in [2.05, 4.69) is 5.32 Å². The molecule has 1 unspecified atom stereocenters. The summed E-state index contributed by atoms with van der Waals surface area (Å²) >= 11 is 11.6. The molecule has 1 fully saturated rings. The van der Waals surface area contributed by atoms with Gasteiger partial charge in [-0.05, 0) is 37.9 Å². The maximum absolute atomic E-state index is 14.2. The van der Waals surface area contributed by atoms with Crippen molar-refractivity contribution < 1.29 is 9.18 Å². The molecule has 1 heterocycles. The van der Waals surface area contributed by atoms with E-state index in [0.29, 0.717) is 6.54 Å². The minimum atomic E-state index is -0.704. The summed E-state index contributed by atoms with van der Waals surface area (Å²) in [5.74, 6) is -0.868. The van der Waals surface area contributed by atoms with Crippen LogP contribution in [0.25, 0.3) is 0 Å². The van der Waals surface area contributed by atoms with Gasteiger partial charge in [0.05, 0.1) is 15.6 Å². The van der Waals surface area contributed by atoms with Crippen LogP contribution in [0.5, 0.6) is 0 Å². The first-order valence-electron chi connectivity index (χ1n) is 6.91. The Hall–Kier alpha value is -0.640. The van der Waals surface area contributed by atoms with Gasteiger partial charge in [0.2, 0.25) is 0 Å². The van der Waals surface area contributed by atoms with Crippen LogP contribution in [0.15, 0.2) is 12.1 Å². The molecule has 1 aliphatic heterocycles. The molecule has 0 bridgehead atoms. The second-order valence-electron chi connectivity index (χ2n) is 5.36. The molecule has 1 aromatic rings. The quantitative estimate of drug-likeness (QED) is 0.655. The monoisotopic (exact) mass is 317 g/mol. The Morgan fingerprint density at radius 3 is 2.80 bits per heavy atom. The SMILES string of the molecule is CCCC1(C(=O)c2ccc(Cl)c(Cl)c2F)CCCNC1. The van der Waals surface area contributed by atoms with E-state index in [-0.39, 0.29) is 21.4 Å². The predicted octanol–water partition coefficient (Wildman–Crippen LogP) is 4.49. The maximum atomic E-state index is 14.2. The molecule has 1 aromatic carbocycles. The Bertz CT molecular complexity index is 507. The van der Waals surface area contributed by atoms with Gasteiger partial charge in [-0.25, -0.2) is 4.39 Å². The number of hydrogen-bond donors (Lipinski definition) is 1. The minimum Gasteiger partial charge on any atom is -0.316 e. The summed E-state index contributed by atoms with van der Waals surface area (Å²) in [5, 5.41) is 3.21. The molecule has 1 aliphatic rings. The van der Waals surface area contributed by atoms with Crippen LogP contribution in [0.2, 0.25) is 10.0 Å². The lowest BCUT2D eigenvalue weighted by molar-refractivity contribution is 0.0713. The van der Waals surface area contributed by atoms with Gasteiger partial charge in [-0.15, -0.1) is 0 Å². The predicted molar refractivity (Wildman–Crippen MR) is 80.2 cm³/mol. The number of hydrogen-bond acceptors (Lipinski definition) is 2. The van der Waals surface area contributed by atoms with Crippen LogP contribution in [0, 0.1) is 11.2 Å². The maximum Gasteiger partial charge on any atom is 0.173 e. The average molecular weight is 318 g/mol. The zero-order valence-corrected chi connectivity index (χ0v) is 13.0. The van der Waals surface area contributed by atoms with Crippen molar-refractivity contribution in [2.45, 2.75) is 32.6 Å². The van der Waals surface area contributed by atoms with Gasteiger partial charge in [0.15, 0.2) is 11.6 Å². The highest BCUT2D eigenvalue weighted by Gasteiger charge is 2.40. The number of ketones is 1. The zero-order chi connectivity index (χ0) is 14.8. The van der Waals surface area contributed by atoms with Crippen LogP contribution in [0.4, 0.5) is 4.39 Å². The molecule has 1 atom stereocenters. The van der Waals surface area contributed by atoms with Gasteiger partial charge in [-0.2, -0.15) is 0 Å². The van der Waals surface area contributed by atoms with Crippen LogP contribution in [-0.2, 0) is 0 Å². The molecule has 0 amide bonds. The third-order valence-electron chi connectivity index (χ3n) is 3.96. The Morgan fingerprint density at radius 1 is 1.45 bits per heavy atom. The summed E-state index contributed by atoms with van der Waals surface area (Å²) in [4.78, 5) is 12.8. The number of benzene rings is 1. The molecule has 110 valence electrons. The largest absolute Gasteiger partial charge is 0.316 e. The fourth-order valence-electron chi connectivity index (χ4n) is 2.95. The molecule has 20 heavy (non-hydrogen) atoms. The van der Waals surface area contributed by atoms with E-state index in [4.69, 9.17) is 23.2 Å². The molecule has 0 aromatic heterocycles. The van der Waals surface area contributed by atoms with Gasteiger partial charge in [-0.3, -0.25) is 4.79 Å². The van der Waals surface area contributed by atoms with E-state index in [1.807, 2.05) is 6.92 Å². The van der Waals surface area contributed by atoms with Crippen LogP contribution in [0.1, 0.15) is 43.0 Å². The van der Waals surface area contributed by atoms with E-state index in [9.17, 15) is 9.18 Å². The fourth-order valence-corrected chi connectivity index (χ4v) is 3.26. The second kappa shape index (κ2) is 6.42. The van der Waals surface area contributed by atoms with Crippen molar-refractivity contribution in [2.24, 2.45) is 5.41 Å². The Morgan fingerprint density at radius 2 is 2.20 bits per heavy atom. The van der Waals surface area contributed by atoms with Crippen molar-refractivity contribution >= 4 is 29.0 Å². The van der Waals surface area contributed by atoms with Crippen molar-refractivity contribution in [3.8, 4) is 0 Å². The zero-order valence-electron chi connectivity index (χ0n) is 11.4. The highest BCUT2D eigenvalue weighted by molar-refractivity contribution is 6.42. The van der Waals surface area contributed by atoms with Gasteiger partial charge in [-0.1, -0.05) is 36.5 Å². The fraction of sp³-hybridized carbons (Fsp3) is 0.533. The summed E-state index contributed by atoms with van der Waals surface area (Å²) in [5.41, 5.74) is -0.470. The van der Waals surface area contributed by atoms with E-state index < -0.39 is 11.2 Å². The summed E-state index contributed by atoms with van der Waals surface area (Å²) in [6, 6.07) is 2.92. The average Bonchev–Trinajstić information content (AvgIpc) is 2.46. The van der Waals surface area contributed by atoms with Crippen molar-refractivity contribution in [3.63, 3.8) is 0 Å². The van der Waals surface area contributed by atoms with Gasteiger partial charge >= 0.3 is 0 Å². The van der Waals surface area contributed by atoms with Crippen molar-refractivity contribution in [1.29, 1.82) is 0 Å². The van der Waals surface area contributed by atoms with Gasteiger partial charge in [0.25, 0.3) is 0 Å². The van der Waals surface area contributed by atoms with E-state index >= 15 is 0 Å². The number of carbonyl (C=O) groups excluding carboxylic acids is 1. The smallest absolute Gasteiger partial charge is 0.173 e. The molecule has 0 spiro atoms. The van der Waals surface area contributed by atoms with Crippen molar-refractivity contribution in [1.82, 2.24) is 5.32 Å².